The second-order valence-electron chi connectivity index (χ2n) is 4.23. The molecule has 1 unspecified atom stereocenters. The van der Waals surface area contributed by atoms with Crippen LogP contribution >= 0.6 is 15.9 Å². The van der Waals surface area contributed by atoms with Crippen molar-refractivity contribution in [1.29, 1.82) is 0 Å². The van der Waals surface area contributed by atoms with Gasteiger partial charge in [0.2, 0.25) is 0 Å². The van der Waals surface area contributed by atoms with Crippen LogP contribution < -0.4 is 5.32 Å². The van der Waals surface area contributed by atoms with Crippen LogP contribution in [0.15, 0.2) is 47.2 Å². The van der Waals surface area contributed by atoms with Crippen LogP contribution in [-0.4, -0.2) is 11.0 Å². The summed E-state index contributed by atoms with van der Waals surface area (Å²) >= 11 is 3.45. The van der Waals surface area contributed by atoms with Gasteiger partial charge in [-0.2, -0.15) is 0 Å². The van der Waals surface area contributed by atoms with Crippen molar-refractivity contribution in [1.82, 2.24) is 4.98 Å². The number of hydrogen-bond donors (Lipinski definition) is 1. The van der Waals surface area contributed by atoms with E-state index in [4.69, 9.17) is 0 Å². The predicted octanol–water partition coefficient (Wildman–Crippen LogP) is 4.03. The standard InChI is InChI=1S/C14H14BrFN2/c1-10(8-11-2-4-12(16)5-3-11)18-14-6-7-17-9-13(14)15/h2-7,9-10H,8H2,1H3,(H,17,18). The van der Waals surface area contributed by atoms with Crippen molar-refractivity contribution in [2.45, 2.75) is 19.4 Å². The van der Waals surface area contributed by atoms with Gasteiger partial charge in [-0.05, 0) is 53.0 Å². The summed E-state index contributed by atoms with van der Waals surface area (Å²) in [5, 5.41) is 3.39. The quantitative estimate of drug-likeness (QED) is 0.922. The first-order chi connectivity index (χ1) is 8.65. The molecule has 4 heteroatoms. The van der Waals surface area contributed by atoms with Crippen molar-refractivity contribution in [2.24, 2.45) is 0 Å². The van der Waals surface area contributed by atoms with E-state index >= 15 is 0 Å². The van der Waals surface area contributed by atoms with E-state index in [0.29, 0.717) is 0 Å². The molecule has 0 saturated carbocycles. The van der Waals surface area contributed by atoms with E-state index in [2.05, 4.69) is 33.2 Å². The largest absolute Gasteiger partial charge is 0.381 e. The van der Waals surface area contributed by atoms with Crippen LogP contribution in [0.5, 0.6) is 0 Å². The number of benzene rings is 1. The van der Waals surface area contributed by atoms with Gasteiger partial charge in [0.15, 0.2) is 0 Å². The molecule has 1 atom stereocenters. The summed E-state index contributed by atoms with van der Waals surface area (Å²) in [5.41, 5.74) is 2.13. The highest BCUT2D eigenvalue weighted by Gasteiger charge is 2.06. The summed E-state index contributed by atoms with van der Waals surface area (Å²) in [4.78, 5) is 4.02. The average Bonchev–Trinajstić information content (AvgIpc) is 2.35. The smallest absolute Gasteiger partial charge is 0.123 e. The maximum absolute atomic E-state index is 12.8. The molecule has 1 N–H and O–H groups in total. The number of halogens is 2. The van der Waals surface area contributed by atoms with Crippen LogP contribution in [0, 0.1) is 5.82 Å². The molecular formula is C14H14BrFN2. The molecule has 0 spiro atoms. The monoisotopic (exact) mass is 308 g/mol. The van der Waals surface area contributed by atoms with Gasteiger partial charge < -0.3 is 5.32 Å². The van der Waals surface area contributed by atoms with E-state index in [9.17, 15) is 4.39 Å². The van der Waals surface area contributed by atoms with Gasteiger partial charge in [-0.3, -0.25) is 4.98 Å². The molecule has 0 fully saturated rings. The van der Waals surface area contributed by atoms with E-state index < -0.39 is 0 Å². The van der Waals surface area contributed by atoms with Gasteiger partial charge in [0, 0.05) is 18.4 Å². The molecule has 2 aromatic rings. The third kappa shape index (κ3) is 3.53. The lowest BCUT2D eigenvalue weighted by Crippen LogP contribution is -2.18. The summed E-state index contributed by atoms with van der Waals surface area (Å²) in [5.74, 6) is -0.198. The van der Waals surface area contributed by atoms with E-state index in [1.54, 1.807) is 12.4 Å². The Morgan fingerprint density at radius 2 is 2.00 bits per heavy atom. The zero-order chi connectivity index (χ0) is 13.0. The minimum atomic E-state index is -0.198. The molecule has 2 rings (SSSR count). The minimum Gasteiger partial charge on any atom is -0.381 e. The molecule has 0 bridgehead atoms. The maximum Gasteiger partial charge on any atom is 0.123 e. The molecule has 0 aliphatic heterocycles. The van der Waals surface area contributed by atoms with Crippen molar-refractivity contribution in [3.05, 3.63) is 58.6 Å². The minimum absolute atomic E-state index is 0.198. The van der Waals surface area contributed by atoms with Crippen LogP contribution in [0.3, 0.4) is 0 Å². The van der Waals surface area contributed by atoms with Gasteiger partial charge in [0.25, 0.3) is 0 Å². The van der Waals surface area contributed by atoms with Crippen LogP contribution in [0.1, 0.15) is 12.5 Å². The fourth-order valence-corrected chi connectivity index (χ4v) is 2.15. The lowest BCUT2D eigenvalue weighted by atomic mass is 10.1. The number of rotatable bonds is 4. The first kappa shape index (κ1) is 13.0. The Kier molecular flexibility index (Phi) is 4.31. The SMILES string of the molecule is CC(Cc1ccc(F)cc1)Nc1ccncc1Br. The topological polar surface area (TPSA) is 24.9 Å². The normalized spacial score (nSPS) is 12.2. The fourth-order valence-electron chi connectivity index (χ4n) is 1.78. The fraction of sp³-hybridized carbons (Fsp3) is 0.214. The highest BCUT2D eigenvalue weighted by atomic mass is 79.9. The molecular weight excluding hydrogens is 295 g/mol. The van der Waals surface area contributed by atoms with E-state index in [1.807, 2.05) is 18.2 Å². The Balaban J connectivity index is 1.99. The number of nitrogens with one attached hydrogen (secondary N) is 1. The molecule has 1 aromatic heterocycles. The molecule has 0 saturated heterocycles. The molecule has 0 aliphatic rings. The highest BCUT2D eigenvalue weighted by molar-refractivity contribution is 9.10. The Bertz CT molecular complexity index is 513. The zero-order valence-corrected chi connectivity index (χ0v) is 11.6. The third-order valence-corrected chi connectivity index (χ3v) is 3.26. The van der Waals surface area contributed by atoms with Crippen molar-refractivity contribution in [2.75, 3.05) is 5.32 Å². The Morgan fingerprint density at radius 1 is 1.28 bits per heavy atom. The third-order valence-electron chi connectivity index (χ3n) is 2.63. The molecule has 0 amide bonds. The Hall–Kier alpha value is -1.42. The lowest BCUT2D eigenvalue weighted by molar-refractivity contribution is 0.626. The first-order valence-electron chi connectivity index (χ1n) is 5.75. The average molecular weight is 309 g/mol. The molecule has 0 aliphatic carbocycles. The van der Waals surface area contributed by atoms with Crippen LogP contribution in [0.25, 0.3) is 0 Å². The van der Waals surface area contributed by atoms with Crippen LogP contribution in [-0.2, 0) is 6.42 Å². The molecule has 2 nitrogen and oxygen atoms in total. The lowest BCUT2D eigenvalue weighted by Gasteiger charge is -2.16. The number of hydrogen-bond acceptors (Lipinski definition) is 2. The van der Waals surface area contributed by atoms with E-state index in [1.165, 1.54) is 12.1 Å². The summed E-state index contributed by atoms with van der Waals surface area (Å²) in [6, 6.07) is 8.79. The first-order valence-corrected chi connectivity index (χ1v) is 6.55. The van der Waals surface area contributed by atoms with E-state index in [0.717, 1.165) is 22.1 Å². The van der Waals surface area contributed by atoms with Crippen molar-refractivity contribution < 1.29 is 4.39 Å². The number of nitrogens with zero attached hydrogens (tertiary/aromatic N) is 1. The molecule has 0 radical (unpaired) electrons. The summed E-state index contributed by atoms with van der Waals surface area (Å²) in [7, 11) is 0. The second kappa shape index (κ2) is 5.96. The Morgan fingerprint density at radius 3 is 2.67 bits per heavy atom. The predicted molar refractivity (Wildman–Crippen MR) is 75.1 cm³/mol. The van der Waals surface area contributed by atoms with Crippen molar-refractivity contribution in [3.63, 3.8) is 0 Å². The van der Waals surface area contributed by atoms with Gasteiger partial charge in [0.1, 0.15) is 5.82 Å². The van der Waals surface area contributed by atoms with Gasteiger partial charge in [-0.25, -0.2) is 4.39 Å². The maximum atomic E-state index is 12.8. The van der Waals surface area contributed by atoms with Crippen LogP contribution in [0.4, 0.5) is 10.1 Å². The van der Waals surface area contributed by atoms with Gasteiger partial charge >= 0.3 is 0 Å². The van der Waals surface area contributed by atoms with Gasteiger partial charge in [-0.15, -0.1) is 0 Å². The summed E-state index contributed by atoms with van der Waals surface area (Å²) in [6.07, 6.45) is 4.35. The summed E-state index contributed by atoms with van der Waals surface area (Å²) in [6.45, 7) is 2.09. The molecule has 1 aromatic carbocycles. The molecule has 94 valence electrons. The number of anilines is 1. The van der Waals surface area contributed by atoms with Gasteiger partial charge in [0.05, 0.1) is 10.2 Å². The van der Waals surface area contributed by atoms with E-state index in [-0.39, 0.29) is 11.9 Å². The van der Waals surface area contributed by atoms with Crippen molar-refractivity contribution >= 4 is 21.6 Å². The summed E-state index contributed by atoms with van der Waals surface area (Å²) < 4.78 is 13.7. The second-order valence-corrected chi connectivity index (χ2v) is 5.09. The van der Waals surface area contributed by atoms with Crippen molar-refractivity contribution in [3.8, 4) is 0 Å². The zero-order valence-electron chi connectivity index (χ0n) is 10.0. The number of pyridine rings is 1. The molecule has 1 heterocycles. The van der Waals surface area contributed by atoms with Crippen LogP contribution in [0.2, 0.25) is 0 Å². The Labute approximate surface area is 114 Å². The van der Waals surface area contributed by atoms with Gasteiger partial charge in [-0.1, -0.05) is 12.1 Å². The number of aromatic nitrogens is 1. The highest BCUT2D eigenvalue weighted by Crippen LogP contribution is 2.21. The molecule has 18 heavy (non-hydrogen) atoms.